The lowest BCUT2D eigenvalue weighted by atomic mass is 10.2. The number of hydrogen-bond donors (Lipinski definition) is 2. The number of hydrogen-bond acceptors (Lipinski definition) is 5. The number of furan rings is 1. The van der Waals surface area contributed by atoms with Crippen LogP contribution in [0.3, 0.4) is 0 Å². The summed E-state index contributed by atoms with van der Waals surface area (Å²) in [6, 6.07) is 9.25. The number of methoxy groups -OCH3 is 2. The maximum atomic E-state index is 12.0. The highest BCUT2D eigenvalue weighted by Crippen LogP contribution is 2.25. The minimum atomic E-state index is -0.150. The highest BCUT2D eigenvalue weighted by Gasteiger charge is 2.12. The molecule has 0 aliphatic rings. The van der Waals surface area contributed by atoms with Gasteiger partial charge in [0.1, 0.15) is 17.3 Å². The van der Waals surface area contributed by atoms with Crippen molar-refractivity contribution in [1.82, 2.24) is 15.5 Å². The van der Waals surface area contributed by atoms with E-state index in [-0.39, 0.29) is 12.5 Å². The predicted molar refractivity (Wildman–Crippen MR) is 103 cm³/mol. The average molecular weight is 374 g/mol. The molecule has 0 saturated heterocycles. The third-order valence-corrected chi connectivity index (χ3v) is 3.92. The van der Waals surface area contributed by atoms with Crippen molar-refractivity contribution in [2.24, 2.45) is 4.99 Å². The summed E-state index contributed by atoms with van der Waals surface area (Å²) in [6.07, 6.45) is 1.57. The second kappa shape index (κ2) is 10.1. The first-order valence-corrected chi connectivity index (χ1v) is 8.49. The van der Waals surface area contributed by atoms with Crippen LogP contribution < -0.4 is 20.1 Å². The molecule has 2 aromatic rings. The van der Waals surface area contributed by atoms with Crippen LogP contribution in [-0.4, -0.2) is 51.6 Å². The Morgan fingerprint density at radius 2 is 2.04 bits per heavy atom. The van der Waals surface area contributed by atoms with E-state index in [1.807, 2.05) is 36.2 Å². The van der Waals surface area contributed by atoms with Crippen molar-refractivity contribution in [3.05, 3.63) is 47.9 Å². The Morgan fingerprint density at radius 1 is 1.22 bits per heavy atom. The van der Waals surface area contributed by atoms with Gasteiger partial charge >= 0.3 is 0 Å². The van der Waals surface area contributed by atoms with Crippen molar-refractivity contribution in [3.8, 4) is 11.5 Å². The molecule has 0 atom stereocenters. The number of carbonyl (C=O) groups excluding carboxylic acids is 1. The van der Waals surface area contributed by atoms with Gasteiger partial charge < -0.3 is 29.4 Å². The lowest BCUT2D eigenvalue weighted by Gasteiger charge is -2.23. The third-order valence-electron chi connectivity index (χ3n) is 3.92. The molecule has 1 aromatic heterocycles. The second-order valence-electron chi connectivity index (χ2n) is 5.79. The van der Waals surface area contributed by atoms with Crippen molar-refractivity contribution < 1.29 is 18.7 Å². The fraction of sp³-hybridized carbons (Fsp3) is 0.368. The first kappa shape index (κ1) is 20.2. The van der Waals surface area contributed by atoms with Gasteiger partial charge in [0.25, 0.3) is 0 Å². The van der Waals surface area contributed by atoms with Crippen LogP contribution in [0, 0.1) is 0 Å². The van der Waals surface area contributed by atoms with Gasteiger partial charge in [-0.1, -0.05) is 0 Å². The normalized spacial score (nSPS) is 11.0. The Bertz CT molecular complexity index is 759. The second-order valence-corrected chi connectivity index (χ2v) is 5.79. The van der Waals surface area contributed by atoms with Gasteiger partial charge in [-0.2, -0.15) is 0 Å². The van der Waals surface area contributed by atoms with Gasteiger partial charge in [0.2, 0.25) is 5.91 Å². The topological polar surface area (TPSA) is 88.3 Å². The highest BCUT2D eigenvalue weighted by molar-refractivity contribution is 5.86. The van der Waals surface area contributed by atoms with E-state index in [1.165, 1.54) is 0 Å². The molecule has 8 heteroatoms. The summed E-state index contributed by atoms with van der Waals surface area (Å²) in [5.41, 5.74) is 0.978. The van der Waals surface area contributed by atoms with Gasteiger partial charge in [-0.3, -0.25) is 9.79 Å². The van der Waals surface area contributed by atoms with E-state index >= 15 is 0 Å². The number of guanidine groups is 1. The molecule has 0 radical (unpaired) electrons. The van der Waals surface area contributed by atoms with Crippen LogP contribution in [0.5, 0.6) is 11.5 Å². The fourth-order valence-electron chi connectivity index (χ4n) is 2.52. The summed E-state index contributed by atoms with van der Waals surface area (Å²) in [5, 5.41) is 5.83. The molecule has 0 saturated carbocycles. The van der Waals surface area contributed by atoms with Crippen LogP contribution in [0.4, 0.5) is 0 Å². The molecule has 1 amide bonds. The summed E-state index contributed by atoms with van der Waals surface area (Å²) < 4.78 is 15.8. The van der Waals surface area contributed by atoms with Gasteiger partial charge in [0, 0.05) is 32.3 Å². The number of carbonyl (C=O) groups is 1. The minimum Gasteiger partial charge on any atom is -0.497 e. The molecule has 0 bridgehead atoms. The minimum absolute atomic E-state index is 0.109. The molecular formula is C19H26N4O4. The molecule has 27 heavy (non-hydrogen) atoms. The van der Waals surface area contributed by atoms with Crippen LogP contribution in [0.2, 0.25) is 0 Å². The van der Waals surface area contributed by atoms with E-state index in [0.29, 0.717) is 24.8 Å². The quantitative estimate of drug-likeness (QED) is 0.539. The van der Waals surface area contributed by atoms with E-state index < -0.39 is 0 Å². The Hall–Kier alpha value is -3.16. The van der Waals surface area contributed by atoms with E-state index in [4.69, 9.17) is 13.9 Å². The van der Waals surface area contributed by atoms with Crippen LogP contribution >= 0.6 is 0 Å². The van der Waals surface area contributed by atoms with Crippen molar-refractivity contribution in [1.29, 1.82) is 0 Å². The molecule has 0 unspecified atom stereocenters. The molecule has 1 aromatic carbocycles. The lowest BCUT2D eigenvalue weighted by Crippen LogP contribution is -2.43. The zero-order valence-corrected chi connectivity index (χ0v) is 16.1. The Morgan fingerprint density at radius 3 is 2.67 bits per heavy atom. The molecule has 146 valence electrons. The summed E-state index contributed by atoms with van der Waals surface area (Å²) >= 11 is 0. The zero-order valence-electron chi connectivity index (χ0n) is 16.1. The van der Waals surface area contributed by atoms with Crippen molar-refractivity contribution in [2.45, 2.75) is 13.1 Å². The Kier molecular flexibility index (Phi) is 7.54. The van der Waals surface area contributed by atoms with Crippen LogP contribution in [0.1, 0.15) is 11.3 Å². The summed E-state index contributed by atoms with van der Waals surface area (Å²) in [7, 11) is 6.79. The van der Waals surface area contributed by atoms with Gasteiger partial charge in [-0.15, -0.1) is 0 Å². The molecule has 1 heterocycles. The summed E-state index contributed by atoms with van der Waals surface area (Å²) in [4.78, 5) is 18.1. The number of benzene rings is 1. The Labute approximate surface area is 159 Å². The first-order chi connectivity index (χ1) is 13.1. The van der Waals surface area contributed by atoms with E-state index in [9.17, 15) is 4.79 Å². The number of nitrogens with one attached hydrogen (secondary N) is 2. The van der Waals surface area contributed by atoms with Crippen LogP contribution in [0.25, 0.3) is 0 Å². The summed E-state index contributed by atoms with van der Waals surface area (Å²) in [6.45, 7) is 1.02. The highest BCUT2D eigenvalue weighted by atomic mass is 16.5. The standard InChI is InChI=1S/C19H26N4O4/c1-20-19(22-12-18(24)21-11-16-6-5-9-27-16)23(2)13-14-7-8-15(25-3)10-17(14)26-4/h5-10H,11-13H2,1-4H3,(H,20,22)(H,21,24). The third kappa shape index (κ3) is 5.95. The number of rotatable bonds is 8. The van der Waals surface area contributed by atoms with E-state index in [2.05, 4.69) is 15.6 Å². The van der Waals surface area contributed by atoms with Crippen LogP contribution in [0.15, 0.2) is 46.0 Å². The maximum absolute atomic E-state index is 12.0. The number of aliphatic imine (C=N–C) groups is 1. The van der Waals surface area contributed by atoms with Crippen molar-refractivity contribution in [2.75, 3.05) is 34.9 Å². The van der Waals surface area contributed by atoms with Crippen molar-refractivity contribution in [3.63, 3.8) is 0 Å². The van der Waals surface area contributed by atoms with Crippen LogP contribution in [-0.2, 0) is 17.9 Å². The maximum Gasteiger partial charge on any atom is 0.239 e. The van der Waals surface area contributed by atoms with E-state index in [1.54, 1.807) is 33.6 Å². The molecule has 0 fully saturated rings. The van der Waals surface area contributed by atoms with E-state index in [0.717, 1.165) is 17.1 Å². The first-order valence-electron chi connectivity index (χ1n) is 8.49. The molecule has 0 aliphatic carbocycles. The number of ether oxygens (including phenoxy) is 2. The smallest absolute Gasteiger partial charge is 0.239 e. The largest absolute Gasteiger partial charge is 0.497 e. The fourth-order valence-corrected chi connectivity index (χ4v) is 2.52. The molecule has 2 N–H and O–H groups in total. The molecule has 2 rings (SSSR count). The monoisotopic (exact) mass is 374 g/mol. The zero-order chi connectivity index (χ0) is 19.6. The van der Waals surface area contributed by atoms with Gasteiger partial charge in [0.05, 0.1) is 33.6 Å². The summed E-state index contributed by atoms with van der Waals surface area (Å²) in [5.74, 6) is 2.61. The molecule has 0 aliphatic heterocycles. The van der Waals surface area contributed by atoms with Gasteiger partial charge in [-0.25, -0.2) is 0 Å². The van der Waals surface area contributed by atoms with Gasteiger partial charge in [0.15, 0.2) is 5.96 Å². The molecule has 0 spiro atoms. The average Bonchev–Trinajstić information content (AvgIpc) is 3.20. The lowest BCUT2D eigenvalue weighted by molar-refractivity contribution is -0.120. The predicted octanol–water partition coefficient (Wildman–Crippen LogP) is 1.62. The SMILES string of the molecule is CN=C(NCC(=O)NCc1ccco1)N(C)Cc1ccc(OC)cc1OC. The molecular weight excluding hydrogens is 348 g/mol. The molecule has 8 nitrogen and oxygen atoms in total. The van der Waals surface area contributed by atoms with Gasteiger partial charge in [-0.05, 0) is 24.3 Å². The number of amides is 1. The van der Waals surface area contributed by atoms with Crippen molar-refractivity contribution >= 4 is 11.9 Å². The Balaban J connectivity index is 1.88. The number of nitrogens with zero attached hydrogens (tertiary/aromatic N) is 2.